The summed E-state index contributed by atoms with van der Waals surface area (Å²) in [5, 5.41) is 8.97. The van der Waals surface area contributed by atoms with Crippen LogP contribution in [0.4, 0.5) is 0 Å². The van der Waals surface area contributed by atoms with E-state index in [0.29, 0.717) is 6.61 Å². The van der Waals surface area contributed by atoms with Crippen LogP contribution in [0.1, 0.15) is 18.5 Å². The molecule has 21 heavy (non-hydrogen) atoms. The molecule has 0 radical (unpaired) electrons. The van der Waals surface area contributed by atoms with E-state index in [4.69, 9.17) is 15.7 Å². The van der Waals surface area contributed by atoms with Gasteiger partial charge < -0.3 is 10.5 Å². The normalized spacial score (nSPS) is 31.8. The van der Waals surface area contributed by atoms with E-state index in [9.17, 15) is 8.42 Å². The fourth-order valence-electron chi connectivity index (χ4n) is 3.03. The van der Waals surface area contributed by atoms with Crippen molar-refractivity contribution in [2.45, 2.75) is 35.9 Å². The summed E-state index contributed by atoms with van der Waals surface area (Å²) in [7, 11) is -3.84. The summed E-state index contributed by atoms with van der Waals surface area (Å²) in [5.41, 5.74) is 5.92. The van der Waals surface area contributed by atoms with E-state index in [2.05, 4.69) is 9.71 Å². The Bertz CT molecular complexity index is 685. The van der Waals surface area contributed by atoms with Gasteiger partial charge in [-0.1, -0.05) is 0 Å². The molecule has 0 bridgehead atoms. The Morgan fingerprint density at radius 3 is 3.10 bits per heavy atom. The zero-order valence-electron chi connectivity index (χ0n) is 11.3. The third-order valence-electron chi connectivity index (χ3n) is 4.13. The van der Waals surface area contributed by atoms with Gasteiger partial charge in [-0.2, -0.15) is 5.26 Å². The van der Waals surface area contributed by atoms with Crippen LogP contribution in [0.3, 0.4) is 0 Å². The van der Waals surface area contributed by atoms with Crippen LogP contribution in [0.25, 0.3) is 0 Å². The lowest BCUT2D eigenvalue weighted by Gasteiger charge is -2.52. The molecular weight excluding hydrogens is 292 g/mol. The molecule has 4 unspecified atom stereocenters. The van der Waals surface area contributed by atoms with Crippen molar-refractivity contribution in [2.75, 3.05) is 6.61 Å². The Hall–Kier alpha value is -1.53. The molecule has 0 amide bonds. The number of nitrogens with two attached hydrogens (primary N) is 1. The highest BCUT2D eigenvalue weighted by Gasteiger charge is 2.52. The predicted octanol–water partition coefficient (Wildman–Crippen LogP) is -0.264. The average Bonchev–Trinajstić information content (AvgIpc) is 2.52. The summed E-state index contributed by atoms with van der Waals surface area (Å²) in [4.78, 5) is 3.65. The second-order valence-electron chi connectivity index (χ2n) is 5.33. The third kappa shape index (κ3) is 2.42. The number of nitrogens with zero attached hydrogens (tertiary/aromatic N) is 2. The monoisotopic (exact) mass is 308 g/mol. The SMILES string of the molecule is N#Cc1ncccc1S(=O)(=O)NC1C(N)C2CCCOC21. The van der Waals surface area contributed by atoms with Crippen molar-refractivity contribution in [1.82, 2.24) is 9.71 Å². The van der Waals surface area contributed by atoms with Gasteiger partial charge in [-0.15, -0.1) is 0 Å². The average molecular weight is 308 g/mol. The van der Waals surface area contributed by atoms with Crippen LogP contribution in [-0.2, 0) is 14.8 Å². The number of aromatic nitrogens is 1. The Morgan fingerprint density at radius 2 is 2.33 bits per heavy atom. The minimum absolute atomic E-state index is 0.126. The Kier molecular flexibility index (Phi) is 3.67. The Morgan fingerprint density at radius 1 is 1.52 bits per heavy atom. The van der Waals surface area contributed by atoms with Gasteiger partial charge in [-0.3, -0.25) is 0 Å². The van der Waals surface area contributed by atoms with E-state index in [1.165, 1.54) is 18.3 Å². The van der Waals surface area contributed by atoms with Crippen molar-refractivity contribution >= 4 is 10.0 Å². The molecule has 1 saturated carbocycles. The van der Waals surface area contributed by atoms with Gasteiger partial charge in [0.15, 0.2) is 5.69 Å². The summed E-state index contributed by atoms with van der Waals surface area (Å²) in [5.74, 6) is 0.204. The maximum Gasteiger partial charge on any atom is 0.243 e. The molecule has 1 aromatic heterocycles. The molecular formula is C13H16N4O3S. The fourth-order valence-corrected chi connectivity index (χ4v) is 4.41. The molecule has 1 saturated heterocycles. The van der Waals surface area contributed by atoms with Crippen LogP contribution < -0.4 is 10.5 Å². The number of nitrogens with one attached hydrogen (secondary N) is 1. The first-order valence-corrected chi connectivity index (χ1v) is 8.27. The zero-order valence-corrected chi connectivity index (χ0v) is 12.1. The number of hydrogen-bond acceptors (Lipinski definition) is 6. The van der Waals surface area contributed by atoms with Crippen molar-refractivity contribution in [3.63, 3.8) is 0 Å². The largest absolute Gasteiger partial charge is 0.376 e. The molecule has 1 aromatic rings. The van der Waals surface area contributed by atoms with Crippen molar-refractivity contribution in [2.24, 2.45) is 11.7 Å². The van der Waals surface area contributed by atoms with E-state index in [1.807, 2.05) is 0 Å². The Balaban J connectivity index is 1.82. The maximum atomic E-state index is 12.4. The second kappa shape index (κ2) is 5.35. The first-order chi connectivity index (χ1) is 10.0. The summed E-state index contributed by atoms with van der Waals surface area (Å²) >= 11 is 0. The highest BCUT2D eigenvalue weighted by atomic mass is 32.2. The second-order valence-corrected chi connectivity index (χ2v) is 7.01. The molecule has 4 atom stereocenters. The van der Waals surface area contributed by atoms with Crippen LogP contribution in [0.2, 0.25) is 0 Å². The van der Waals surface area contributed by atoms with E-state index < -0.39 is 16.1 Å². The summed E-state index contributed by atoms with van der Waals surface area (Å²) in [6.45, 7) is 0.627. The fraction of sp³-hybridized carbons (Fsp3) is 0.538. The lowest BCUT2D eigenvalue weighted by atomic mass is 9.69. The smallest absolute Gasteiger partial charge is 0.243 e. The van der Waals surface area contributed by atoms with Gasteiger partial charge in [-0.25, -0.2) is 18.1 Å². The number of fused-ring (bicyclic) bond motifs is 1. The summed E-state index contributed by atoms with van der Waals surface area (Å²) < 4.78 is 33.0. The number of ether oxygens (including phenoxy) is 1. The molecule has 7 nitrogen and oxygen atoms in total. The van der Waals surface area contributed by atoms with Gasteiger partial charge in [0.2, 0.25) is 10.0 Å². The van der Waals surface area contributed by atoms with Gasteiger partial charge in [0, 0.05) is 24.8 Å². The van der Waals surface area contributed by atoms with Crippen LogP contribution in [0.15, 0.2) is 23.2 Å². The molecule has 2 heterocycles. The van der Waals surface area contributed by atoms with E-state index in [-0.39, 0.29) is 28.7 Å². The molecule has 2 fully saturated rings. The third-order valence-corrected chi connectivity index (χ3v) is 5.63. The molecule has 2 aliphatic rings. The van der Waals surface area contributed by atoms with E-state index in [1.54, 1.807) is 6.07 Å². The topological polar surface area (TPSA) is 118 Å². The first kappa shape index (κ1) is 14.4. The molecule has 0 spiro atoms. The standard InChI is InChI=1S/C13H16N4O3S/c14-7-9-10(4-1-5-16-9)21(18,19)17-12-11(15)8-3-2-6-20-13(8)12/h1,4-5,8,11-13,17H,2-3,6,15H2. The van der Waals surface area contributed by atoms with Gasteiger partial charge in [0.05, 0.1) is 12.1 Å². The minimum Gasteiger partial charge on any atom is -0.376 e. The number of hydrogen-bond donors (Lipinski definition) is 2. The van der Waals surface area contributed by atoms with Gasteiger partial charge in [0.25, 0.3) is 0 Å². The van der Waals surface area contributed by atoms with Crippen LogP contribution in [-0.4, -0.2) is 38.2 Å². The molecule has 3 N–H and O–H groups in total. The first-order valence-electron chi connectivity index (χ1n) is 6.79. The highest BCUT2D eigenvalue weighted by Crippen LogP contribution is 2.37. The lowest BCUT2D eigenvalue weighted by Crippen LogP contribution is -2.71. The minimum atomic E-state index is -3.84. The number of pyridine rings is 1. The van der Waals surface area contributed by atoms with Crippen LogP contribution in [0.5, 0.6) is 0 Å². The van der Waals surface area contributed by atoms with Crippen molar-refractivity contribution in [1.29, 1.82) is 5.26 Å². The van der Waals surface area contributed by atoms with Crippen molar-refractivity contribution in [3.05, 3.63) is 24.0 Å². The van der Waals surface area contributed by atoms with Crippen LogP contribution >= 0.6 is 0 Å². The molecule has 8 heteroatoms. The van der Waals surface area contributed by atoms with Crippen molar-refractivity contribution in [3.8, 4) is 6.07 Å². The molecule has 1 aliphatic carbocycles. The number of sulfonamides is 1. The molecule has 112 valence electrons. The maximum absolute atomic E-state index is 12.4. The van der Waals surface area contributed by atoms with Crippen molar-refractivity contribution < 1.29 is 13.2 Å². The van der Waals surface area contributed by atoms with Gasteiger partial charge in [0.1, 0.15) is 11.0 Å². The Labute approximate surface area is 123 Å². The van der Waals surface area contributed by atoms with Crippen LogP contribution in [0, 0.1) is 17.2 Å². The lowest BCUT2D eigenvalue weighted by molar-refractivity contribution is -0.114. The number of rotatable bonds is 3. The molecule has 1 aliphatic heterocycles. The molecule has 0 aromatic carbocycles. The van der Waals surface area contributed by atoms with E-state index in [0.717, 1.165) is 12.8 Å². The summed E-state index contributed by atoms with van der Waals surface area (Å²) in [6, 6.07) is 3.92. The predicted molar refractivity (Wildman–Crippen MR) is 73.5 cm³/mol. The van der Waals surface area contributed by atoms with E-state index >= 15 is 0 Å². The number of nitriles is 1. The quantitative estimate of drug-likeness (QED) is 0.794. The zero-order chi connectivity index (χ0) is 15.0. The van der Waals surface area contributed by atoms with Gasteiger partial charge in [-0.05, 0) is 25.0 Å². The highest BCUT2D eigenvalue weighted by molar-refractivity contribution is 7.89. The van der Waals surface area contributed by atoms with Gasteiger partial charge >= 0.3 is 0 Å². The summed E-state index contributed by atoms with van der Waals surface area (Å²) in [6.07, 6.45) is 3.12. The molecule has 3 rings (SSSR count).